The smallest absolute Gasteiger partial charge is 0.330 e. The third-order valence-corrected chi connectivity index (χ3v) is 2.54. The molecular weight excluding hydrogens is 230 g/mol. The Hall–Kier alpha value is -2.36. The van der Waals surface area contributed by atoms with Crippen molar-refractivity contribution in [3.63, 3.8) is 0 Å². The summed E-state index contributed by atoms with van der Waals surface area (Å²) in [7, 11) is 0. The minimum absolute atomic E-state index is 0.217. The second-order valence-electron chi connectivity index (χ2n) is 3.78. The number of esters is 1. The van der Waals surface area contributed by atoms with E-state index >= 15 is 0 Å². The number of fused-ring (bicyclic) bond motifs is 1. The van der Waals surface area contributed by atoms with Gasteiger partial charge in [-0.1, -0.05) is 24.3 Å². The maximum absolute atomic E-state index is 11.9. The highest BCUT2D eigenvalue weighted by atomic mass is 16.5. The fraction of sp³-hybridized carbons (Fsp3) is 0.143. The van der Waals surface area contributed by atoms with Crippen LogP contribution in [0.2, 0.25) is 0 Å². The van der Waals surface area contributed by atoms with Crippen LogP contribution in [0.3, 0.4) is 0 Å². The Morgan fingerprint density at radius 2 is 2.11 bits per heavy atom. The van der Waals surface area contributed by atoms with E-state index in [4.69, 9.17) is 4.74 Å². The third-order valence-electron chi connectivity index (χ3n) is 2.54. The third kappa shape index (κ3) is 2.48. The van der Waals surface area contributed by atoms with Crippen molar-refractivity contribution in [2.24, 2.45) is 0 Å². The number of ether oxygens (including phenoxy) is 1. The second-order valence-corrected chi connectivity index (χ2v) is 3.78. The van der Waals surface area contributed by atoms with Crippen molar-refractivity contribution in [1.82, 2.24) is 4.98 Å². The average molecular weight is 243 g/mol. The van der Waals surface area contributed by atoms with Crippen LogP contribution >= 0.6 is 0 Å². The Balaban J connectivity index is 2.12. The zero-order valence-electron chi connectivity index (χ0n) is 9.97. The van der Waals surface area contributed by atoms with Gasteiger partial charge in [0.1, 0.15) is 0 Å². The topological polar surface area (TPSA) is 59.2 Å². The molecule has 92 valence electrons. The first-order valence-corrected chi connectivity index (χ1v) is 5.61. The standard InChI is InChI=1S/C14H13NO3/c1-2-5-14(17)18-9-13(16)11-8-15-12-7-4-3-6-10(11)12/h2-8,15H,9H2,1H3. The molecule has 0 spiro atoms. The minimum Gasteiger partial charge on any atom is -0.454 e. The van der Waals surface area contributed by atoms with Gasteiger partial charge in [0.25, 0.3) is 0 Å². The average Bonchev–Trinajstić information content (AvgIpc) is 2.80. The predicted octanol–water partition coefficient (Wildman–Crippen LogP) is 2.47. The van der Waals surface area contributed by atoms with Gasteiger partial charge in [-0.3, -0.25) is 4.79 Å². The number of H-pyrrole nitrogens is 1. The van der Waals surface area contributed by atoms with E-state index in [0.717, 1.165) is 10.9 Å². The zero-order valence-corrected chi connectivity index (χ0v) is 9.97. The van der Waals surface area contributed by atoms with Crippen LogP contribution in [0.4, 0.5) is 0 Å². The first-order chi connectivity index (χ1) is 8.72. The van der Waals surface area contributed by atoms with Crippen LogP contribution < -0.4 is 0 Å². The molecule has 0 bridgehead atoms. The Bertz CT molecular complexity index is 610. The summed E-state index contributed by atoms with van der Waals surface area (Å²) >= 11 is 0. The van der Waals surface area contributed by atoms with Gasteiger partial charge >= 0.3 is 5.97 Å². The van der Waals surface area contributed by atoms with Gasteiger partial charge in [-0.15, -0.1) is 0 Å². The summed E-state index contributed by atoms with van der Waals surface area (Å²) in [5.74, 6) is -0.726. The summed E-state index contributed by atoms with van der Waals surface area (Å²) in [4.78, 5) is 26.0. The van der Waals surface area contributed by atoms with E-state index in [0.29, 0.717) is 5.56 Å². The van der Waals surface area contributed by atoms with Gasteiger partial charge in [0.05, 0.1) is 0 Å². The first kappa shape index (κ1) is 12.1. The molecule has 0 aliphatic heterocycles. The van der Waals surface area contributed by atoms with E-state index in [2.05, 4.69) is 4.98 Å². The van der Waals surface area contributed by atoms with Crippen LogP contribution in [-0.4, -0.2) is 23.3 Å². The van der Waals surface area contributed by atoms with Crippen molar-refractivity contribution in [2.45, 2.75) is 6.92 Å². The number of Topliss-reactive ketones (excluding diaryl/α,β-unsaturated/α-hetero) is 1. The highest BCUT2D eigenvalue weighted by Gasteiger charge is 2.12. The molecule has 1 heterocycles. The lowest BCUT2D eigenvalue weighted by Crippen LogP contribution is -2.12. The van der Waals surface area contributed by atoms with Crippen molar-refractivity contribution >= 4 is 22.7 Å². The quantitative estimate of drug-likeness (QED) is 0.510. The van der Waals surface area contributed by atoms with E-state index in [1.807, 2.05) is 24.3 Å². The molecular formula is C14H13NO3. The van der Waals surface area contributed by atoms with Crippen LogP contribution in [0, 0.1) is 0 Å². The number of allylic oxidation sites excluding steroid dienone is 1. The fourth-order valence-electron chi connectivity index (χ4n) is 1.70. The molecule has 0 fully saturated rings. The van der Waals surface area contributed by atoms with Gasteiger partial charge in [0, 0.05) is 28.7 Å². The van der Waals surface area contributed by atoms with Crippen molar-refractivity contribution in [1.29, 1.82) is 0 Å². The molecule has 0 amide bonds. The summed E-state index contributed by atoms with van der Waals surface area (Å²) in [5.41, 5.74) is 1.43. The van der Waals surface area contributed by atoms with Gasteiger partial charge < -0.3 is 9.72 Å². The van der Waals surface area contributed by atoms with Crippen LogP contribution in [0.25, 0.3) is 10.9 Å². The van der Waals surface area contributed by atoms with Crippen LogP contribution in [0.1, 0.15) is 17.3 Å². The molecule has 0 aliphatic carbocycles. The Morgan fingerprint density at radius 3 is 2.89 bits per heavy atom. The lowest BCUT2D eigenvalue weighted by atomic mass is 10.1. The molecule has 1 aromatic carbocycles. The minimum atomic E-state index is -0.509. The van der Waals surface area contributed by atoms with Gasteiger partial charge in [0.15, 0.2) is 6.61 Å². The SMILES string of the molecule is CC=CC(=O)OCC(=O)c1c[nH]c2ccccc12. The molecule has 4 nitrogen and oxygen atoms in total. The van der Waals surface area contributed by atoms with Crippen LogP contribution in [0.5, 0.6) is 0 Å². The zero-order chi connectivity index (χ0) is 13.0. The van der Waals surface area contributed by atoms with Crippen molar-refractivity contribution in [3.05, 3.63) is 48.2 Å². The molecule has 0 aliphatic rings. The van der Waals surface area contributed by atoms with Gasteiger partial charge in [-0.05, 0) is 13.0 Å². The van der Waals surface area contributed by atoms with Gasteiger partial charge in [-0.25, -0.2) is 4.79 Å². The van der Waals surface area contributed by atoms with Gasteiger partial charge in [0.2, 0.25) is 5.78 Å². The van der Waals surface area contributed by atoms with Gasteiger partial charge in [-0.2, -0.15) is 0 Å². The maximum Gasteiger partial charge on any atom is 0.330 e. The molecule has 0 unspecified atom stereocenters. The molecule has 4 heteroatoms. The number of para-hydroxylation sites is 1. The molecule has 18 heavy (non-hydrogen) atoms. The summed E-state index contributed by atoms with van der Waals surface area (Å²) in [6.45, 7) is 1.47. The van der Waals surface area contributed by atoms with Crippen molar-refractivity contribution in [2.75, 3.05) is 6.61 Å². The highest BCUT2D eigenvalue weighted by Crippen LogP contribution is 2.18. The predicted molar refractivity (Wildman–Crippen MR) is 68.4 cm³/mol. The molecule has 0 saturated carbocycles. The molecule has 1 aromatic heterocycles. The Kier molecular flexibility index (Phi) is 3.57. The maximum atomic E-state index is 11.9. The number of carbonyl (C=O) groups excluding carboxylic acids is 2. The Morgan fingerprint density at radius 1 is 1.33 bits per heavy atom. The number of benzene rings is 1. The molecule has 0 atom stereocenters. The van der Waals surface area contributed by atoms with E-state index < -0.39 is 5.97 Å². The Labute approximate surface area is 104 Å². The van der Waals surface area contributed by atoms with Crippen LogP contribution in [-0.2, 0) is 9.53 Å². The molecule has 0 saturated heterocycles. The summed E-state index contributed by atoms with van der Waals surface area (Å²) < 4.78 is 4.83. The number of rotatable bonds is 4. The largest absolute Gasteiger partial charge is 0.454 e. The highest BCUT2D eigenvalue weighted by molar-refractivity contribution is 6.08. The van der Waals surface area contributed by atoms with E-state index in [9.17, 15) is 9.59 Å². The number of aromatic amines is 1. The first-order valence-electron chi connectivity index (χ1n) is 5.61. The normalized spacial score (nSPS) is 10.9. The lowest BCUT2D eigenvalue weighted by Gasteiger charge is -2.00. The summed E-state index contributed by atoms with van der Waals surface area (Å²) in [5, 5.41) is 0.838. The summed E-state index contributed by atoms with van der Waals surface area (Å²) in [6.07, 6.45) is 4.48. The number of nitrogens with one attached hydrogen (secondary N) is 1. The van der Waals surface area contributed by atoms with E-state index in [-0.39, 0.29) is 12.4 Å². The van der Waals surface area contributed by atoms with Crippen molar-refractivity contribution < 1.29 is 14.3 Å². The van der Waals surface area contributed by atoms with E-state index in [1.165, 1.54) is 6.08 Å². The number of aromatic nitrogens is 1. The van der Waals surface area contributed by atoms with E-state index in [1.54, 1.807) is 19.2 Å². The second kappa shape index (κ2) is 5.31. The summed E-state index contributed by atoms with van der Waals surface area (Å²) in [6, 6.07) is 7.49. The monoisotopic (exact) mass is 243 g/mol. The number of ketones is 1. The number of carbonyl (C=O) groups is 2. The number of hydrogen-bond acceptors (Lipinski definition) is 3. The lowest BCUT2D eigenvalue weighted by molar-refractivity contribution is -0.136. The van der Waals surface area contributed by atoms with Crippen molar-refractivity contribution in [3.8, 4) is 0 Å². The molecule has 1 N–H and O–H groups in total. The number of hydrogen-bond donors (Lipinski definition) is 1. The molecule has 2 aromatic rings. The van der Waals surface area contributed by atoms with Crippen LogP contribution in [0.15, 0.2) is 42.6 Å². The molecule has 0 radical (unpaired) electrons. The molecule has 2 rings (SSSR count). The fourth-order valence-corrected chi connectivity index (χ4v) is 1.70.